The molecule has 4 aromatic rings. The Morgan fingerprint density at radius 3 is 2.83 bits per heavy atom. The molecule has 1 saturated heterocycles. The fraction of sp³-hybridized carbons (Fsp3) is 0.333. The number of anilines is 1. The minimum absolute atomic E-state index is 0.240. The second-order valence-corrected chi connectivity index (χ2v) is 7.86. The number of nitrogens with zero attached hydrogens (tertiary/aromatic N) is 5. The van der Waals surface area contributed by atoms with Gasteiger partial charge in [-0.1, -0.05) is 18.6 Å². The summed E-state index contributed by atoms with van der Waals surface area (Å²) < 4.78 is 16.4. The average Bonchev–Trinajstić information content (AvgIpc) is 3.45. The van der Waals surface area contributed by atoms with E-state index in [2.05, 4.69) is 24.4 Å². The largest absolute Gasteiger partial charge is 0.351 e. The van der Waals surface area contributed by atoms with E-state index < -0.39 is 5.82 Å². The third kappa shape index (κ3) is 2.62. The molecule has 0 unspecified atom stereocenters. The van der Waals surface area contributed by atoms with Gasteiger partial charge in [0.25, 0.3) is 0 Å². The summed E-state index contributed by atoms with van der Waals surface area (Å²) in [7, 11) is 0. The van der Waals surface area contributed by atoms with E-state index in [0.717, 1.165) is 54.3 Å². The number of hydrogen-bond acceptors (Lipinski definition) is 5. The number of fused-ring (bicyclic) bond motifs is 2. The number of halogens is 1. The van der Waals surface area contributed by atoms with Crippen LogP contribution in [0.4, 0.5) is 10.2 Å². The van der Waals surface area contributed by atoms with Gasteiger partial charge in [-0.2, -0.15) is 0 Å². The Morgan fingerprint density at radius 2 is 2.07 bits per heavy atom. The van der Waals surface area contributed by atoms with Gasteiger partial charge in [-0.05, 0) is 24.5 Å². The van der Waals surface area contributed by atoms with Gasteiger partial charge < -0.3 is 14.5 Å². The summed E-state index contributed by atoms with van der Waals surface area (Å²) in [5.41, 5.74) is 2.27. The number of H-pyrrole nitrogens is 1. The number of benzene rings is 1. The molecule has 8 heteroatoms. The first-order valence-corrected chi connectivity index (χ1v) is 9.95. The Bertz CT molecular complexity index is 1320. The number of para-hydroxylation sites is 1. The van der Waals surface area contributed by atoms with E-state index >= 15 is 0 Å². The van der Waals surface area contributed by atoms with Crippen LogP contribution in [0.25, 0.3) is 22.1 Å². The van der Waals surface area contributed by atoms with Crippen molar-refractivity contribution in [3.8, 4) is 0 Å². The van der Waals surface area contributed by atoms with Crippen LogP contribution in [0, 0.1) is 5.82 Å². The topological polar surface area (TPSA) is 79.5 Å². The van der Waals surface area contributed by atoms with Crippen molar-refractivity contribution in [2.45, 2.75) is 31.7 Å². The van der Waals surface area contributed by atoms with Crippen molar-refractivity contribution in [2.24, 2.45) is 0 Å². The fourth-order valence-corrected chi connectivity index (χ4v) is 4.18. The lowest BCUT2D eigenvalue weighted by Gasteiger charge is -2.25. The number of nitrogens with one attached hydrogen (secondary N) is 1. The van der Waals surface area contributed by atoms with Crippen molar-refractivity contribution in [1.82, 2.24) is 24.5 Å². The average molecular weight is 390 g/mol. The van der Waals surface area contributed by atoms with E-state index in [0.29, 0.717) is 17.8 Å². The van der Waals surface area contributed by atoms with E-state index in [9.17, 15) is 9.18 Å². The number of imidazole rings is 1. The molecule has 1 aromatic carbocycles. The fourth-order valence-electron chi connectivity index (χ4n) is 4.18. The van der Waals surface area contributed by atoms with Crippen LogP contribution in [0.1, 0.15) is 36.6 Å². The minimum atomic E-state index is -0.428. The zero-order chi connectivity index (χ0) is 19.5. The van der Waals surface area contributed by atoms with Gasteiger partial charge in [0.05, 0.1) is 12.1 Å². The predicted molar refractivity (Wildman–Crippen MR) is 108 cm³/mol. The molecule has 7 nitrogen and oxygen atoms in total. The zero-order valence-corrected chi connectivity index (χ0v) is 15.7. The van der Waals surface area contributed by atoms with Crippen molar-refractivity contribution in [1.29, 1.82) is 0 Å². The Balaban J connectivity index is 1.57. The van der Waals surface area contributed by atoms with Crippen LogP contribution in [0.15, 0.2) is 35.4 Å². The Hall–Kier alpha value is -3.29. The van der Waals surface area contributed by atoms with Gasteiger partial charge in [0, 0.05) is 30.5 Å². The monoisotopic (exact) mass is 390 g/mol. The molecule has 146 valence electrons. The Labute approximate surface area is 165 Å². The van der Waals surface area contributed by atoms with Crippen LogP contribution in [0.2, 0.25) is 0 Å². The second kappa shape index (κ2) is 6.10. The molecule has 0 amide bonds. The smallest absolute Gasteiger partial charge is 0.248 e. The molecule has 6 rings (SSSR count). The summed E-state index contributed by atoms with van der Waals surface area (Å²) in [6, 6.07) is 6.41. The molecule has 29 heavy (non-hydrogen) atoms. The van der Waals surface area contributed by atoms with E-state index in [-0.39, 0.29) is 11.1 Å². The predicted octanol–water partition coefficient (Wildman–Crippen LogP) is 2.94. The highest BCUT2D eigenvalue weighted by molar-refractivity contribution is 5.86. The molecule has 1 aliphatic heterocycles. The van der Waals surface area contributed by atoms with Gasteiger partial charge in [0.1, 0.15) is 18.0 Å². The van der Waals surface area contributed by atoms with E-state index in [1.54, 1.807) is 18.5 Å². The molecule has 0 bridgehead atoms. The normalized spacial score (nSPS) is 16.5. The SMILES string of the molecule is O=c1cc(Cn2c(C3CCC3)nc3c(N4CC4)ncnc32)c2cccc(F)c2[nH]1. The van der Waals surface area contributed by atoms with Crippen molar-refractivity contribution in [3.05, 3.63) is 58.2 Å². The third-order valence-electron chi connectivity index (χ3n) is 6.00. The van der Waals surface area contributed by atoms with Gasteiger partial charge >= 0.3 is 0 Å². The maximum absolute atomic E-state index is 14.3. The summed E-state index contributed by atoms with van der Waals surface area (Å²) in [5, 5.41) is 0.700. The lowest BCUT2D eigenvalue weighted by Crippen LogP contribution is -2.17. The molecule has 4 heterocycles. The first-order valence-electron chi connectivity index (χ1n) is 9.95. The molecule has 1 aliphatic carbocycles. The summed E-state index contributed by atoms with van der Waals surface area (Å²) in [4.78, 5) is 30.9. The van der Waals surface area contributed by atoms with Crippen molar-refractivity contribution < 1.29 is 4.39 Å². The second-order valence-electron chi connectivity index (χ2n) is 7.86. The number of aromatic amines is 1. The van der Waals surface area contributed by atoms with Crippen LogP contribution >= 0.6 is 0 Å². The first kappa shape index (κ1) is 16.6. The lowest BCUT2D eigenvalue weighted by molar-refractivity contribution is 0.391. The highest BCUT2D eigenvalue weighted by Gasteiger charge is 2.30. The van der Waals surface area contributed by atoms with Crippen LogP contribution in [0.5, 0.6) is 0 Å². The molecule has 0 spiro atoms. The maximum Gasteiger partial charge on any atom is 0.248 e. The molecular formula is C21H19FN6O. The first-order chi connectivity index (χ1) is 14.2. The quantitative estimate of drug-likeness (QED) is 0.542. The van der Waals surface area contributed by atoms with Crippen LogP contribution in [-0.2, 0) is 6.54 Å². The highest BCUT2D eigenvalue weighted by Crippen LogP contribution is 2.39. The number of hydrogen-bond donors (Lipinski definition) is 1. The molecule has 3 aromatic heterocycles. The van der Waals surface area contributed by atoms with Gasteiger partial charge in [0.2, 0.25) is 5.56 Å². The summed E-state index contributed by atoms with van der Waals surface area (Å²) >= 11 is 0. The van der Waals surface area contributed by atoms with Gasteiger partial charge in [-0.15, -0.1) is 0 Å². The standard InChI is InChI=1S/C21H19FN6O/c22-15-6-2-5-14-13(9-16(29)25-17(14)15)10-28-19(12-3-1-4-12)26-18-20(27-7-8-27)23-11-24-21(18)28/h2,5-6,9,11-12H,1,3-4,7-8,10H2,(H,25,29). The minimum Gasteiger partial charge on any atom is -0.351 e. The van der Waals surface area contributed by atoms with Crippen molar-refractivity contribution in [3.63, 3.8) is 0 Å². The van der Waals surface area contributed by atoms with E-state index in [1.807, 2.05) is 6.07 Å². The molecule has 1 N–H and O–H groups in total. The van der Waals surface area contributed by atoms with E-state index in [4.69, 9.17) is 4.98 Å². The molecule has 2 aliphatic rings. The number of rotatable bonds is 4. The zero-order valence-electron chi connectivity index (χ0n) is 15.7. The molecular weight excluding hydrogens is 371 g/mol. The molecule has 0 radical (unpaired) electrons. The van der Waals surface area contributed by atoms with E-state index in [1.165, 1.54) is 12.5 Å². The molecule has 1 saturated carbocycles. The van der Waals surface area contributed by atoms with Crippen molar-refractivity contribution in [2.75, 3.05) is 18.0 Å². The summed E-state index contributed by atoms with van der Waals surface area (Å²) in [5.74, 6) is 1.81. The van der Waals surface area contributed by atoms with Crippen molar-refractivity contribution >= 4 is 27.9 Å². The number of aromatic nitrogens is 5. The third-order valence-corrected chi connectivity index (χ3v) is 6.00. The van der Waals surface area contributed by atoms with Gasteiger partial charge in [-0.3, -0.25) is 4.79 Å². The molecule has 2 fully saturated rings. The Morgan fingerprint density at radius 1 is 1.21 bits per heavy atom. The van der Waals surface area contributed by atoms with Crippen LogP contribution in [0.3, 0.4) is 0 Å². The Kier molecular flexibility index (Phi) is 3.50. The summed E-state index contributed by atoms with van der Waals surface area (Å²) in [6.45, 7) is 2.38. The van der Waals surface area contributed by atoms with Gasteiger partial charge in [-0.25, -0.2) is 19.3 Å². The molecule has 0 atom stereocenters. The number of pyridine rings is 1. The highest BCUT2D eigenvalue weighted by atomic mass is 19.1. The van der Waals surface area contributed by atoms with Crippen LogP contribution < -0.4 is 10.5 Å². The van der Waals surface area contributed by atoms with Crippen LogP contribution in [-0.4, -0.2) is 37.6 Å². The summed E-state index contributed by atoms with van der Waals surface area (Å²) in [6.07, 6.45) is 4.97. The lowest BCUT2D eigenvalue weighted by atomic mass is 9.85. The maximum atomic E-state index is 14.3. The van der Waals surface area contributed by atoms with Gasteiger partial charge in [0.15, 0.2) is 17.0 Å².